The summed E-state index contributed by atoms with van der Waals surface area (Å²) in [7, 11) is 3.81. The molecule has 1 rings (SSSR count). The Labute approximate surface area is 170 Å². The third-order valence-corrected chi connectivity index (χ3v) is 4.13. The Morgan fingerprint density at radius 3 is 2.64 bits per heavy atom. The Bertz CT molecular complexity index is 567. The molecule has 2 N–H and O–H groups in total. The van der Waals surface area contributed by atoms with E-state index in [1.165, 1.54) is 5.56 Å². The van der Waals surface area contributed by atoms with Crippen LogP contribution in [0.25, 0.3) is 0 Å². The lowest BCUT2D eigenvalue weighted by molar-refractivity contribution is 0.110. The van der Waals surface area contributed by atoms with E-state index < -0.39 is 0 Å². The van der Waals surface area contributed by atoms with E-state index >= 15 is 0 Å². The highest BCUT2D eigenvalue weighted by molar-refractivity contribution is 5.79. The van der Waals surface area contributed by atoms with Crippen LogP contribution in [-0.2, 0) is 16.0 Å². The Balaban J connectivity index is 2.62. The first-order valence-electron chi connectivity index (χ1n) is 10.1. The zero-order valence-corrected chi connectivity index (χ0v) is 18.2. The Morgan fingerprint density at radius 1 is 1.11 bits per heavy atom. The molecule has 0 amide bonds. The maximum absolute atomic E-state index is 5.91. The van der Waals surface area contributed by atoms with Gasteiger partial charge in [0.2, 0.25) is 0 Å². The molecule has 0 aromatic heterocycles. The van der Waals surface area contributed by atoms with Gasteiger partial charge in [-0.2, -0.15) is 0 Å². The fourth-order valence-corrected chi connectivity index (χ4v) is 2.51. The normalized spacial score (nSPS) is 11.7. The average Bonchev–Trinajstić information content (AvgIpc) is 2.68. The molecule has 7 nitrogen and oxygen atoms in total. The van der Waals surface area contributed by atoms with E-state index in [-0.39, 0.29) is 0 Å². The number of hydrogen-bond donors (Lipinski definition) is 2. The van der Waals surface area contributed by atoms with Crippen LogP contribution >= 0.6 is 0 Å². The zero-order chi connectivity index (χ0) is 20.6. The molecule has 160 valence electrons. The molecule has 0 aliphatic carbocycles. The van der Waals surface area contributed by atoms with Crippen LogP contribution in [0, 0.1) is 6.92 Å². The second-order valence-corrected chi connectivity index (χ2v) is 6.57. The van der Waals surface area contributed by atoms with Gasteiger partial charge in [-0.05, 0) is 39.4 Å². The summed E-state index contributed by atoms with van der Waals surface area (Å²) < 4.78 is 16.4. The molecule has 0 heterocycles. The quantitative estimate of drug-likeness (QED) is 0.286. The predicted molar refractivity (Wildman–Crippen MR) is 115 cm³/mol. The molecule has 0 fully saturated rings. The minimum absolute atomic E-state index is 0.542. The van der Waals surface area contributed by atoms with E-state index in [1.54, 1.807) is 7.11 Å². The molecule has 0 unspecified atom stereocenters. The molecule has 0 aliphatic rings. The van der Waals surface area contributed by atoms with Crippen molar-refractivity contribution in [3.63, 3.8) is 0 Å². The number of nitrogens with one attached hydrogen (secondary N) is 2. The summed E-state index contributed by atoms with van der Waals surface area (Å²) in [6.45, 7) is 12.7. The minimum Gasteiger partial charge on any atom is -0.491 e. The molecule has 0 radical (unpaired) electrons. The van der Waals surface area contributed by atoms with Gasteiger partial charge in [-0.15, -0.1) is 0 Å². The third-order valence-electron chi connectivity index (χ3n) is 4.13. The number of hydrogen-bond acceptors (Lipinski definition) is 5. The van der Waals surface area contributed by atoms with Crippen LogP contribution in [0.4, 0.5) is 0 Å². The van der Waals surface area contributed by atoms with Gasteiger partial charge in [-0.25, -0.2) is 4.99 Å². The first kappa shape index (κ1) is 24.2. The number of likely N-dealkylation sites (N-methyl/N-ethyl adjacent to an activating group) is 1. The van der Waals surface area contributed by atoms with Gasteiger partial charge in [-0.3, -0.25) is 0 Å². The van der Waals surface area contributed by atoms with Crippen LogP contribution in [0.5, 0.6) is 5.75 Å². The van der Waals surface area contributed by atoms with Crippen LogP contribution in [0.15, 0.2) is 23.2 Å². The maximum atomic E-state index is 5.91. The monoisotopic (exact) mass is 394 g/mol. The second kappa shape index (κ2) is 15.1. The molecular formula is C21H38N4O3. The van der Waals surface area contributed by atoms with Crippen LogP contribution in [0.3, 0.4) is 0 Å². The summed E-state index contributed by atoms with van der Waals surface area (Å²) in [6.07, 6.45) is 0. The van der Waals surface area contributed by atoms with Crippen molar-refractivity contribution in [1.82, 2.24) is 15.5 Å². The summed E-state index contributed by atoms with van der Waals surface area (Å²) in [4.78, 5) is 6.94. The van der Waals surface area contributed by atoms with Crippen molar-refractivity contribution >= 4 is 5.96 Å². The number of ether oxygens (including phenoxy) is 3. The lowest BCUT2D eigenvalue weighted by atomic mass is 10.1. The second-order valence-electron chi connectivity index (χ2n) is 6.57. The van der Waals surface area contributed by atoms with E-state index in [0.717, 1.165) is 50.1 Å². The van der Waals surface area contributed by atoms with E-state index in [4.69, 9.17) is 19.2 Å². The molecule has 0 saturated carbocycles. The fourth-order valence-electron chi connectivity index (χ4n) is 2.51. The molecule has 1 aromatic carbocycles. The van der Waals surface area contributed by atoms with E-state index in [2.05, 4.69) is 54.6 Å². The largest absolute Gasteiger partial charge is 0.491 e. The highest BCUT2D eigenvalue weighted by Crippen LogP contribution is 2.21. The van der Waals surface area contributed by atoms with Gasteiger partial charge in [0.1, 0.15) is 12.4 Å². The number of rotatable bonds is 14. The van der Waals surface area contributed by atoms with Gasteiger partial charge in [0.05, 0.1) is 19.8 Å². The molecule has 0 atom stereocenters. The van der Waals surface area contributed by atoms with Crippen molar-refractivity contribution in [3.05, 3.63) is 29.3 Å². The maximum Gasteiger partial charge on any atom is 0.191 e. The summed E-state index contributed by atoms with van der Waals surface area (Å²) in [6, 6.07) is 6.23. The number of nitrogens with zero attached hydrogens (tertiary/aromatic N) is 2. The molecular weight excluding hydrogens is 356 g/mol. The summed E-state index contributed by atoms with van der Waals surface area (Å²) >= 11 is 0. The van der Waals surface area contributed by atoms with Crippen molar-refractivity contribution in [2.45, 2.75) is 27.3 Å². The van der Waals surface area contributed by atoms with Gasteiger partial charge in [0.15, 0.2) is 5.96 Å². The van der Waals surface area contributed by atoms with Crippen molar-refractivity contribution in [1.29, 1.82) is 0 Å². The Hall–Kier alpha value is -1.83. The predicted octanol–water partition coefficient (Wildman–Crippen LogP) is 2.04. The highest BCUT2D eigenvalue weighted by atomic mass is 16.5. The van der Waals surface area contributed by atoms with E-state index in [0.29, 0.717) is 26.4 Å². The van der Waals surface area contributed by atoms with Crippen molar-refractivity contribution in [2.75, 3.05) is 66.8 Å². The van der Waals surface area contributed by atoms with Crippen LogP contribution in [0.1, 0.15) is 25.0 Å². The topological polar surface area (TPSA) is 67.4 Å². The Morgan fingerprint density at radius 2 is 1.93 bits per heavy atom. The van der Waals surface area contributed by atoms with Gasteiger partial charge in [0.25, 0.3) is 0 Å². The molecule has 1 aromatic rings. The lowest BCUT2D eigenvalue weighted by Crippen LogP contribution is -2.41. The van der Waals surface area contributed by atoms with Crippen molar-refractivity contribution in [3.8, 4) is 5.75 Å². The molecule has 0 bridgehead atoms. The zero-order valence-electron chi connectivity index (χ0n) is 18.2. The van der Waals surface area contributed by atoms with Gasteiger partial charge in [0, 0.05) is 45.5 Å². The number of methoxy groups -OCH3 is 1. The first-order valence-corrected chi connectivity index (χ1v) is 10.1. The van der Waals surface area contributed by atoms with Crippen LogP contribution in [-0.4, -0.2) is 77.6 Å². The standard InChI is InChI=1S/C21H38N4O3/c1-6-22-21(23-10-11-25(4)12-13-26-5)24-17-19-9-8-18(3)16-20(19)28-15-14-27-7-2/h8-9,16H,6-7,10-15,17H2,1-5H3,(H2,22,23,24). The van der Waals surface area contributed by atoms with Gasteiger partial charge in [-0.1, -0.05) is 12.1 Å². The van der Waals surface area contributed by atoms with E-state index in [9.17, 15) is 0 Å². The highest BCUT2D eigenvalue weighted by Gasteiger charge is 2.06. The SMILES string of the molecule is CCNC(=NCc1ccc(C)cc1OCCOCC)NCCN(C)CCOC. The molecule has 0 aliphatic heterocycles. The lowest BCUT2D eigenvalue weighted by Gasteiger charge is -2.18. The van der Waals surface area contributed by atoms with E-state index in [1.807, 2.05) is 6.92 Å². The number of guanidine groups is 1. The average molecular weight is 395 g/mol. The molecule has 28 heavy (non-hydrogen) atoms. The first-order chi connectivity index (χ1) is 13.6. The van der Waals surface area contributed by atoms with Crippen molar-refractivity contribution < 1.29 is 14.2 Å². The smallest absolute Gasteiger partial charge is 0.191 e. The summed E-state index contributed by atoms with van der Waals surface area (Å²) in [5.74, 6) is 1.68. The van der Waals surface area contributed by atoms with Gasteiger partial charge >= 0.3 is 0 Å². The fraction of sp³-hybridized carbons (Fsp3) is 0.667. The van der Waals surface area contributed by atoms with Crippen molar-refractivity contribution in [2.24, 2.45) is 4.99 Å². The van der Waals surface area contributed by atoms with Crippen LogP contribution < -0.4 is 15.4 Å². The summed E-state index contributed by atoms with van der Waals surface area (Å²) in [5.41, 5.74) is 2.24. The summed E-state index contributed by atoms with van der Waals surface area (Å²) in [5, 5.41) is 6.68. The molecule has 0 saturated heterocycles. The third kappa shape index (κ3) is 10.5. The number of benzene rings is 1. The number of aryl methyl sites for hydroxylation is 1. The van der Waals surface area contributed by atoms with Gasteiger partial charge < -0.3 is 29.7 Å². The number of aliphatic imine (C=N–C) groups is 1. The Kier molecular flexibility index (Phi) is 13.1. The molecule has 0 spiro atoms. The van der Waals surface area contributed by atoms with Crippen LogP contribution in [0.2, 0.25) is 0 Å². The molecule has 7 heteroatoms. The minimum atomic E-state index is 0.542.